The van der Waals surface area contributed by atoms with E-state index in [9.17, 15) is 0 Å². The highest BCUT2D eigenvalue weighted by Gasteiger charge is 2.03. The van der Waals surface area contributed by atoms with Gasteiger partial charge in [-0.15, -0.1) is 0 Å². The Balaban J connectivity index is 1.58. The lowest BCUT2D eigenvalue weighted by Crippen LogP contribution is -1.98. The van der Waals surface area contributed by atoms with E-state index in [-0.39, 0.29) is 0 Å². The van der Waals surface area contributed by atoms with Crippen LogP contribution in [0.5, 0.6) is 5.75 Å². The van der Waals surface area contributed by atoms with Crippen LogP contribution >= 0.6 is 11.8 Å². The van der Waals surface area contributed by atoms with Gasteiger partial charge in [-0.25, -0.2) is 9.97 Å². The fraction of sp³-hybridized carbons (Fsp3) is 0.667. The van der Waals surface area contributed by atoms with Crippen molar-refractivity contribution in [2.45, 2.75) is 116 Å². The summed E-state index contributed by atoms with van der Waals surface area (Å²) in [6.07, 6.45) is 22.5. The lowest BCUT2D eigenvalue weighted by Gasteiger charge is -2.09. The van der Waals surface area contributed by atoms with E-state index in [1.54, 1.807) is 11.8 Å². The SMILES string of the molecule is CCCCCCCCCCCSc1ncc(-c2ccc(OCCCCC[C@@H](C)CC)cc2)cn1. The summed E-state index contributed by atoms with van der Waals surface area (Å²) in [6.45, 7) is 7.69. The van der Waals surface area contributed by atoms with Gasteiger partial charge in [0, 0.05) is 23.7 Å². The predicted molar refractivity (Wildman–Crippen MR) is 149 cm³/mol. The molecule has 34 heavy (non-hydrogen) atoms. The third-order valence-electron chi connectivity index (χ3n) is 6.60. The zero-order valence-corrected chi connectivity index (χ0v) is 22.9. The second kappa shape index (κ2) is 18.7. The molecule has 1 heterocycles. The van der Waals surface area contributed by atoms with Crippen LogP contribution in [0.4, 0.5) is 0 Å². The third-order valence-corrected chi connectivity index (χ3v) is 7.56. The fourth-order valence-electron chi connectivity index (χ4n) is 4.03. The molecule has 0 aliphatic carbocycles. The van der Waals surface area contributed by atoms with Crippen LogP contribution < -0.4 is 4.74 Å². The van der Waals surface area contributed by atoms with Crippen LogP contribution in [0, 0.1) is 5.92 Å². The van der Waals surface area contributed by atoms with Crippen LogP contribution in [0.2, 0.25) is 0 Å². The van der Waals surface area contributed by atoms with Gasteiger partial charge in [0.2, 0.25) is 0 Å². The molecule has 0 N–H and O–H groups in total. The third kappa shape index (κ3) is 12.8. The minimum absolute atomic E-state index is 0.799. The highest BCUT2D eigenvalue weighted by Crippen LogP contribution is 2.23. The molecule has 0 aliphatic rings. The van der Waals surface area contributed by atoms with E-state index in [2.05, 4.69) is 55.0 Å². The second-order valence-corrected chi connectivity index (χ2v) is 10.7. The smallest absolute Gasteiger partial charge is 0.187 e. The van der Waals surface area contributed by atoms with E-state index in [0.29, 0.717) is 0 Å². The van der Waals surface area contributed by atoms with Crippen molar-refractivity contribution >= 4 is 11.8 Å². The number of benzene rings is 1. The van der Waals surface area contributed by atoms with Crippen LogP contribution in [-0.2, 0) is 0 Å². The van der Waals surface area contributed by atoms with Gasteiger partial charge in [0.05, 0.1) is 6.61 Å². The van der Waals surface area contributed by atoms with Gasteiger partial charge in [0.1, 0.15) is 5.75 Å². The zero-order valence-electron chi connectivity index (χ0n) is 22.1. The molecule has 0 spiro atoms. The summed E-state index contributed by atoms with van der Waals surface area (Å²) < 4.78 is 5.92. The van der Waals surface area contributed by atoms with Crippen molar-refractivity contribution in [3.63, 3.8) is 0 Å². The fourth-order valence-corrected chi connectivity index (χ4v) is 4.81. The van der Waals surface area contributed by atoms with E-state index < -0.39 is 0 Å². The number of hydrogen-bond donors (Lipinski definition) is 0. The Labute approximate surface area is 213 Å². The van der Waals surface area contributed by atoms with Crippen LogP contribution in [0.25, 0.3) is 11.1 Å². The highest BCUT2D eigenvalue weighted by molar-refractivity contribution is 7.99. The maximum Gasteiger partial charge on any atom is 0.187 e. The Morgan fingerprint density at radius 2 is 1.35 bits per heavy atom. The first kappa shape index (κ1) is 28.7. The summed E-state index contributed by atoms with van der Waals surface area (Å²) in [5, 5.41) is 0.886. The molecule has 0 aliphatic heterocycles. The van der Waals surface area contributed by atoms with Gasteiger partial charge in [-0.05, 0) is 36.5 Å². The molecule has 0 saturated heterocycles. The summed E-state index contributed by atoms with van der Waals surface area (Å²) in [4.78, 5) is 9.14. The standard InChI is InChI=1S/C30H48N2OS/c1-4-6-7-8-9-10-11-12-16-23-34-30-31-24-28(25-32-30)27-18-20-29(21-19-27)33-22-15-13-14-17-26(3)5-2/h18-21,24-26H,4-17,22-23H2,1-3H3/t26-/m0/s1. The first-order valence-electron chi connectivity index (χ1n) is 13.9. The Bertz CT molecular complexity index is 732. The maximum absolute atomic E-state index is 5.92. The Morgan fingerprint density at radius 1 is 0.735 bits per heavy atom. The monoisotopic (exact) mass is 484 g/mol. The van der Waals surface area contributed by atoms with Gasteiger partial charge in [0.15, 0.2) is 5.16 Å². The minimum Gasteiger partial charge on any atom is -0.494 e. The normalized spacial score (nSPS) is 12.1. The minimum atomic E-state index is 0.799. The zero-order chi connectivity index (χ0) is 24.3. The molecule has 1 aromatic carbocycles. The molecule has 0 fully saturated rings. The Hall–Kier alpha value is -1.55. The summed E-state index contributed by atoms with van der Waals surface area (Å²) in [5.74, 6) is 2.91. The van der Waals surface area contributed by atoms with Crippen molar-refractivity contribution < 1.29 is 4.74 Å². The molecule has 1 atom stereocenters. The van der Waals surface area contributed by atoms with Gasteiger partial charge < -0.3 is 4.74 Å². The molecule has 0 radical (unpaired) electrons. The molecule has 0 saturated carbocycles. The number of rotatable bonds is 20. The number of unbranched alkanes of at least 4 members (excludes halogenated alkanes) is 10. The molecule has 0 amide bonds. The first-order chi connectivity index (χ1) is 16.7. The van der Waals surface area contributed by atoms with Crippen LogP contribution in [0.1, 0.15) is 111 Å². The lowest BCUT2D eigenvalue weighted by atomic mass is 10.0. The van der Waals surface area contributed by atoms with Gasteiger partial charge in [-0.3, -0.25) is 0 Å². The van der Waals surface area contributed by atoms with E-state index in [4.69, 9.17) is 4.74 Å². The number of nitrogens with zero attached hydrogens (tertiary/aromatic N) is 2. The highest BCUT2D eigenvalue weighted by atomic mass is 32.2. The molecule has 1 aromatic heterocycles. The van der Waals surface area contributed by atoms with Crippen molar-refractivity contribution in [1.29, 1.82) is 0 Å². The molecule has 4 heteroatoms. The topological polar surface area (TPSA) is 35.0 Å². The van der Waals surface area contributed by atoms with Crippen molar-refractivity contribution in [3.8, 4) is 16.9 Å². The van der Waals surface area contributed by atoms with Crippen LogP contribution in [-0.4, -0.2) is 22.3 Å². The Morgan fingerprint density at radius 3 is 2.00 bits per heavy atom. The maximum atomic E-state index is 5.92. The lowest BCUT2D eigenvalue weighted by molar-refractivity contribution is 0.302. The average molecular weight is 485 g/mol. The van der Waals surface area contributed by atoms with Crippen molar-refractivity contribution in [3.05, 3.63) is 36.7 Å². The number of aromatic nitrogens is 2. The van der Waals surface area contributed by atoms with Crippen molar-refractivity contribution in [1.82, 2.24) is 9.97 Å². The van der Waals surface area contributed by atoms with Crippen LogP contribution in [0.15, 0.2) is 41.8 Å². The quantitative estimate of drug-likeness (QED) is 0.106. The van der Waals surface area contributed by atoms with Gasteiger partial charge in [-0.2, -0.15) is 0 Å². The number of ether oxygens (including phenoxy) is 1. The summed E-state index contributed by atoms with van der Waals surface area (Å²) in [6, 6.07) is 8.32. The van der Waals surface area contributed by atoms with E-state index in [1.807, 2.05) is 12.4 Å². The predicted octanol–water partition coefficient (Wildman–Crippen LogP) is 9.75. The van der Waals surface area contributed by atoms with E-state index in [1.165, 1.54) is 83.5 Å². The molecule has 190 valence electrons. The number of thioether (sulfide) groups is 1. The summed E-state index contributed by atoms with van der Waals surface area (Å²) in [5.41, 5.74) is 2.19. The average Bonchev–Trinajstić information content (AvgIpc) is 2.88. The first-order valence-corrected chi connectivity index (χ1v) is 14.9. The van der Waals surface area contributed by atoms with Gasteiger partial charge in [0.25, 0.3) is 0 Å². The summed E-state index contributed by atoms with van der Waals surface area (Å²) >= 11 is 1.78. The van der Waals surface area contributed by atoms with Gasteiger partial charge >= 0.3 is 0 Å². The van der Waals surface area contributed by atoms with Crippen LogP contribution in [0.3, 0.4) is 0 Å². The Kier molecular flexibility index (Phi) is 15.8. The molecular weight excluding hydrogens is 436 g/mol. The molecular formula is C30H48N2OS. The largest absolute Gasteiger partial charge is 0.494 e. The summed E-state index contributed by atoms with van der Waals surface area (Å²) in [7, 11) is 0. The second-order valence-electron chi connectivity index (χ2n) is 9.67. The van der Waals surface area contributed by atoms with Crippen molar-refractivity contribution in [2.24, 2.45) is 5.92 Å². The van der Waals surface area contributed by atoms with Crippen molar-refractivity contribution in [2.75, 3.05) is 12.4 Å². The van der Waals surface area contributed by atoms with Gasteiger partial charge in [-0.1, -0.05) is 122 Å². The van der Waals surface area contributed by atoms with E-state index >= 15 is 0 Å². The van der Waals surface area contributed by atoms with E-state index in [0.717, 1.165) is 46.7 Å². The molecule has 2 aromatic rings. The molecule has 3 nitrogen and oxygen atoms in total. The molecule has 0 unspecified atom stereocenters. The molecule has 2 rings (SSSR count). The molecule has 0 bridgehead atoms. The number of hydrogen-bond acceptors (Lipinski definition) is 4.